The summed E-state index contributed by atoms with van der Waals surface area (Å²) in [4.78, 5) is 17.5. The molecule has 0 radical (unpaired) electrons. The molecule has 136 valence electrons. The van der Waals surface area contributed by atoms with Crippen LogP contribution in [-0.2, 0) is 6.54 Å². The summed E-state index contributed by atoms with van der Waals surface area (Å²) in [5, 5.41) is 9.51. The van der Waals surface area contributed by atoms with Crippen LogP contribution < -0.4 is 5.32 Å². The molecule has 0 aliphatic rings. The summed E-state index contributed by atoms with van der Waals surface area (Å²) in [6, 6.07) is 17.5. The monoisotopic (exact) mass is 358 g/mol. The standard InChI is InChI=1S/C22H22N4O/c1-14(2)13-26-21-18(12-17-6-4-5-7-19(17)23-21)20(25-26)24-22(27)16-10-8-15(3)9-11-16/h4-12,14H,13H2,1-3H3,(H,24,25,27). The molecule has 1 N–H and O–H groups in total. The SMILES string of the molecule is Cc1ccc(C(=O)Nc2nn(CC(C)C)c3nc4ccccc4cc23)cc1. The fourth-order valence-electron chi connectivity index (χ4n) is 3.15. The Bertz CT molecular complexity index is 1130. The molecule has 0 unspecified atom stereocenters. The number of aryl methyl sites for hydroxylation is 1. The fraction of sp³-hybridized carbons (Fsp3) is 0.227. The van der Waals surface area contributed by atoms with Gasteiger partial charge < -0.3 is 5.32 Å². The first-order valence-electron chi connectivity index (χ1n) is 9.15. The van der Waals surface area contributed by atoms with E-state index in [0.29, 0.717) is 17.3 Å². The lowest BCUT2D eigenvalue weighted by atomic mass is 10.1. The molecule has 4 rings (SSSR count). The second kappa shape index (κ2) is 6.83. The summed E-state index contributed by atoms with van der Waals surface area (Å²) in [6.45, 7) is 7.01. The topological polar surface area (TPSA) is 59.8 Å². The van der Waals surface area contributed by atoms with Crippen molar-refractivity contribution in [2.75, 3.05) is 5.32 Å². The summed E-state index contributed by atoms with van der Waals surface area (Å²) < 4.78 is 1.89. The number of benzene rings is 2. The van der Waals surface area contributed by atoms with Gasteiger partial charge in [-0.3, -0.25) is 4.79 Å². The maximum Gasteiger partial charge on any atom is 0.256 e. The van der Waals surface area contributed by atoms with Crippen molar-refractivity contribution in [1.29, 1.82) is 0 Å². The highest BCUT2D eigenvalue weighted by atomic mass is 16.1. The maximum absolute atomic E-state index is 12.7. The Balaban J connectivity index is 1.80. The van der Waals surface area contributed by atoms with Gasteiger partial charge in [0, 0.05) is 17.5 Å². The lowest BCUT2D eigenvalue weighted by Crippen LogP contribution is -2.13. The Morgan fingerprint density at radius 3 is 2.59 bits per heavy atom. The maximum atomic E-state index is 12.7. The van der Waals surface area contributed by atoms with Gasteiger partial charge in [-0.05, 0) is 37.1 Å². The summed E-state index contributed by atoms with van der Waals surface area (Å²) in [5.74, 6) is 0.802. The molecule has 0 saturated carbocycles. The van der Waals surface area contributed by atoms with Crippen LogP contribution in [0.3, 0.4) is 0 Å². The van der Waals surface area contributed by atoms with Crippen molar-refractivity contribution in [3.63, 3.8) is 0 Å². The summed E-state index contributed by atoms with van der Waals surface area (Å²) in [6.07, 6.45) is 0. The van der Waals surface area contributed by atoms with Crippen LogP contribution in [-0.4, -0.2) is 20.7 Å². The van der Waals surface area contributed by atoms with Crippen LogP contribution in [0.4, 0.5) is 5.82 Å². The molecule has 0 spiro atoms. The molecule has 2 aromatic carbocycles. The molecule has 2 aromatic heterocycles. The van der Waals surface area contributed by atoms with Crippen LogP contribution in [0.5, 0.6) is 0 Å². The van der Waals surface area contributed by atoms with Crippen molar-refractivity contribution in [3.05, 3.63) is 65.7 Å². The number of carbonyl (C=O) groups excluding carboxylic acids is 1. The van der Waals surface area contributed by atoms with Gasteiger partial charge in [0.15, 0.2) is 11.5 Å². The average Bonchev–Trinajstić information content (AvgIpc) is 2.96. The van der Waals surface area contributed by atoms with E-state index in [9.17, 15) is 4.79 Å². The van der Waals surface area contributed by atoms with E-state index in [4.69, 9.17) is 4.98 Å². The Labute approximate surface area is 158 Å². The number of aromatic nitrogens is 3. The third kappa shape index (κ3) is 3.40. The zero-order valence-electron chi connectivity index (χ0n) is 15.7. The average molecular weight is 358 g/mol. The van der Waals surface area contributed by atoms with Gasteiger partial charge in [0.05, 0.1) is 10.9 Å². The number of hydrogen-bond acceptors (Lipinski definition) is 3. The second-order valence-electron chi connectivity index (χ2n) is 7.30. The van der Waals surface area contributed by atoms with E-state index in [1.807, 2.05) is 66.2 Å². The molecule has 2 heterocycles. The molecule has 5 nitrogen and oxygen atoms in total. The number of para-hydroxylation sites is 1. The predicted molar refractivity (Wildman–Crippen MR) is 109 cm³/mol. The summed E-state index contributed by atoms with van der Waals surface area (Å²) in [5.41, 5.74) is 3.45. The normalized spacial score (nSPS) is 11.4. The molecule has 4 aromatic rings. The Morgan fingerprint density at radius 2 is 1.85 bits per heavy atom. The lowest BCUT2D eigenvalue weighted by molar-refractivity contribution is 0.102. The van der Waals surface area contributed by atoms with Crippen LogP contribution in [0.1, 0.15) is 29.8 Å². The Hall–Kier alpha value is -3.21. The molecule has 0 aliphatic heterocycles. The number of hydrogen-bond donors (Lipinski definition) is 1. The van der Waals surface area contributed by atoms with Gasteiger partial charge in [0.1, 0.15) is 0 Å². The van der Waals surface area contributed by atoms with Gasteiger partial charge in [0.2, 0.25) is 0 Å². The van der Waals surface area contributed by atoms with Gasteiger partial charge in [-0.1, -0.05) is 49.7 Å². The molecular weight excluding hydrogens is 336 g/mol. The molecule has 0 bridgehead atoms. The van der Waals surface area contributed by atoms with Gasteiger partial charge >= 0.3 is 0 Å². The molecule has 0 atom stereocenters. The van der Waals surface area contributed by atoms with E-state index in [1.54, 1.807) is 0 Å². The highest BCUT2D eigenvalue weighted by Gasteiger charge is 2.17. The summed E-state index contributed by atoms with van der Waals surface area (Å²) >= 11 is 0. The molecule has 0 fully saturated rings. The summed E-state index contributed by atoms with van der Waals surface area (Å²) in [7, 11) is 0. The first kappa shape index (κ1) is 17.2. The van der Waals surface area contributed by atoms with Gasteiger partial charge in [0.25, 0.3) is 5.91 Å². The van der Waals surface area contributed by atoms with E-state index >= 15 is 0 Å². The van der Waals surface area contributed by atoms with Crippen molar-refractivity contribution in [1.82, 2.24) is 14.8 Å². The number of carbonyl (C=O) groups is 1. The minimum atomic E-state index is -0.167. The quantitative estimate of drug-likeness (QED) is 0.570. The largest absolute Gasteiger partial charge is 0.305 e. The number of nitrogens with one attached hydrogen (secondary N) is 1. The molecule has 0 saturated heterocycles. The van der Waals surface area contributed by atoms with Crippen molar-refractivity contribution in [2.24, 2.45) is 5.92 Å². The fourth-order valence-corrected chi connectivity index (χ4v) is 3.15. The molecule has 5 heteroatoms. The Morgan fingerprint density at radius 1 is 1.11 bits per heavy atom. The zero-order chi connectivity index (χ0) is 19.0. The van der Waals surface area contributed by atoms with Crippen LogP contribution >= 0.6 is 0 Å². The number of pyridine rings is 1. The highest BCUT2D eigenvalue weighted by molar-refractivity contribution is 6.08. The minimum Gasteiger partial charge on any atom is -0.305 e. The second-order valence-corrected chi connectivity index (χ2v) is 7.30. The van der Waals surface area contributed by atoms with Gasteiger partial charge in [-0.15, -0.1) is 0 Å². The van der Waals surface area contributed by atoms with Crippen LogP contribution in [0.2, 0.25) is 0 Å². The van der Waals surface area contributed by atoms with Gasteiger partial charge in [-0.2, -0.15) is 5.10 Å². The zero-order valence-corrected chi connectivity index (χ0v) is 15.7. The van der Waals surface area contributed by atoms with Crippen molar-refractivity contribution in [2.45, 2.75) is 27.3 Å². The lowest BCUT2D eigenvalue weighted by Gasteiger charge is -2.06. The molecule has 1 amide bonds. The Kier molecular flexibility index (Phi) is 4.36. The number of nitrogens with zero attached hydrogens (tertiary/aromatic N) is 3. The van der Waals surface area contributed by atoms with Crippen molar-refractivity contribution < 1.29 is 4.79 Å². The van der Waals surface area contributed by atoms with Crippen LogP contribution in [0.25, 0.3) is 21.9 Å². The van der Waals surface area contributed by atoms with Crippen LogP contribution in [0, 0.1) is 12.8 Å². The third-order valence-electron chi connectivity index (χ3n) is 4.51. The van der Waals surface area contributed by atoms with Gasteiger partial charge in [-0.25, -0.2) is 9.67 Å². The van der Waals surface area contributed by atoms with E-state index in [0.717, 1.165) is 34.0 Å². The van der Waals surface area contributed by atoms with E-state index in [2.05, 4.69) is 24.3 Å². The number of fused-ring (bicyclic) bond motifs is 2. The number of anilines is 1. The van der Waals surface area contributed by atoms with Crippen LogP contribution in [0.15, 0.2) is 54.6 Å². The first-order chi connectivity index (χ1) is 13.0. The molecular formula is C22H22N4O. The number of amides is 1. The van der Waals surface area contributed by atoms with E-state index in [-0.39, 0.29) is 5.91 Å². The smallest absolute Gasteiger partial charge is 0.256 e. The predicted octanol–water partition coefficient (Wildman–Crippen LogP) is 4.80. The third-order valence-corrected chi connectivity index (χ3v) is 4.51. The molecule has 0 aliphatic carbocycles. The molecule has 27 heavy (non-hydrogen) atoms. The highest BCUT2D eigenvalue weighted by Crippen LogP contribution is 2.27. The van der Waals surface area contributed by atoms with E-state index < -0.39 is 0 Å². The van der Waals surface area contributed by atoms with Crippen molar-refractivity contribution in [3.8, 4) is 0 Å². The van der Waals surface area contributed by atoms with Crippen molar-refractivity contribution >= 4 is 33.7 Å². The van der Waals surface area contributed by atoms with E-state index in [1.165, 1.54) is 0 Å². The first-order valence-corrected chi connectivity index (χ1v) is 9.15. The number of rotatable bonds is 4. The minimum absolute atomic E-state index is 0.167.